The van der Waals surface area contributed by atoms with Gasteiger partial charge < -0.3 is 14.2 Å². The maximum Gasteiger partial charge on any atom is 0.231 e. The van der Waals surface area contributed by atoms with Crippen LogP contribution in [0.2, 0.25) is 5.02 Å². The van der Waals surface area contributed by atoms with Crippen LogP contribution in [-0.4, -0.2) is 25.1 Å². The van der Waals surface area contributed by atoms with Crippen LogP contribution in [-0.2, 0) is 4.74 Å². The third-order valence-electron chi connectivity index (χ3n) is 3.67. The Morgan fingerprint density at radius 3 is 2.87 bits per heavy atom. The van der Waals surface area contributed by atoms with Crippen LogP contribution in [0.15, 0.2) is 48.2 Å². The molecule has 4 rings (SSSR count). The van der Waals surface area contributed by atoms with Crippen LogP contribution < -0.4 is 9.47 Å². The lowest BCUT2D eigenvalue weighted by Gasteiger charge is -2.05. The average Bonchev–Trinajstić information content (AvgIpc) is 3.33. The molecule has 1 fully saturated rings. The molecule has 0 saturated carbocycles. The largest absolute Gasteiger partial charge is 0.491 e. The number of ketones is 1. The topological polar surface area (TPSA) is 48.1 Å². The monoisotopic (exact) mass is 328 g/mol. The van der Waals surface area contributed by atoms with Gasteiger partial charge in [-0.2, -0.15) is 0 Å². The first-order valence-electron chi connectivity index (χ1n) is 7.28. The lowest BCUT2D eigenvalue weighted by atomic mass is 10.1. The molecule has 23 heavy (non-hydrogen) atoms. The van der Waals surface area contributed by atoms with Gasteiger partial charge >= 0.3 is 0 Å². The molecule has 0 aliphatic carbocycles. The summed E-state index contributed by atoms with van der Waals surface area (Å²) in [6, 6.07) is 12.5. The van der Waals surface area contributed by atoms with Gasteiger partial charge in [0.2, 0.25) is 5.78 Å². The second-order valence-electron chi connectivity index (χ2n) is 5.39. The second kappa shape index (κ2) is 5.72. The minimum atomic E-state index is -0.156. The van der Waals surface area contributed by atoms with E-state index in [9.17, 15) is 4.79 Å². The fourth-order valence-corrected chi connectivity index (χ4v) is 2.53. The van der Waals surface area contributed by atoms with Crippen molar-refractivity contribution in [2.45, 2.75) is 6.10 Å². The minimum Gasteiger partial charge on any atom is -0.491 e. The number of ether oxygens (including phenoxy) is 3. The zero-order valence-electron chi connectivity index (χ0n) is 12.1. The molecule has 1 atom stereocenters. The van der Waals surface area contributed by atoms with Crippen molar-refractivity contribution >= 4 is 23.5 Å². The van der Waals surface area contributed by atoms with Crippen molar-refractivity contribution in [1.29, 1.82) is 0 Å². The smallest absolute Gasteiger partial charge is 0.231 e. The van der Waals surface area contributed by atoms with E-state index < -0.39 is 0 Å². The summed E-state index contributed by atoms with van der Waals surface area (Å²) in [6.45, 7) is 1.25. The number of carbonyl (C=O) groups excluding carboxylic acids is 1. The van der Waals surface area contributed by atoms with Gasteiger partial charge in [0.15, 0.2) is 5.76 Å². The molecule has 2 aliphatic rings. The van der Waals surface area contributed by atoms with E-state index in [2.05, 4.69) is 0 Å². The summed E-state index contributed by atoms with van der Waals surface area (Å²) >= 11 is 6.12. The predicted octanol–water partition coefficient (Wildman–Crippen LogP) is 3.73. The van der Waals surface area contributed by atoms with E-state index in [1.807, 2.05) is 18.2 Å². The molecule has 1 unspecified atom stereocenters. The van der Waals surface area contributed by atoms with Crippen molar-refractivity contribution < 1.29 is 19.0 Å². The fourth-order valence-electron chi connectivity index (χ4n) is 2.34. The molecular formula is C18H13ClO4. The average molecular weight is 329 g/mol. The summed E-state index contributed by atoms with van der Waals surface area (Å²) in [5.41, 5.74) is 1.27. The van der Waals surface area contributed by atoms with Gasteiger partial charge in [0.1, 0.15) is 24.2 Å². The van der Waals surface area contributed by atoms with Crippen LogP contribution in [0.25, 0.3) is 6.08 Å². The molecule has 0 spiro atoms. The highest BCUT2D eigenvalue weighted by molar-refractivity contribution is 6.32. The Morgan fingerprint density at radius 2 is 2.09 bits per heavy atom. The molecule has 2 aromatic carbocycles. The Labute approximate surface area is 138 Å². The van der Waals surface area contributed by atoms with Crippen LogP contribution in [0.1, 0.15) is 15.9 Å². The van der Waals surface area contributed by atoms with Crippen LogP contribution in [0.4, 0.5) is 0 Å². The van der Waals surface area contributed by atoms with Crippen LogP contribution in [0.3, 0.4) is 0 Å². The first-order chi connectivity index (χ1) is 11.2. The van der Waals surface area contributed by atoms with Crippen molar-refractivity contribution in [2.24, 2.45) is 0 Å². The molecular weight excluding hydrogens is 316 g/mol. The van der Waals surface area contributed by atoms with Crippen molar-refractivity contribution in [3.63, 3.8) is 0 Å². The standard InChI is InChI=1S/C18H13ClO4/c19-15-4-2-1-3-11(15)7-17-18(20)14-6-5-12(8-16(14)23-17)21-9-13-10-22-13/h1-8,13H,9-10H2/b17-7-. The first kappa shape index (κ1) is 14.3. The Balaban J connectivity index is 1.58. The molecule has 116 valence electrons. The third-order valence-corrected chi connectivity index (χ3v) is 4.02. The highest BCUT2D eigenvalue weighted by atomic mass is 35.5. The van der Waals surface area contributed by atoms with Crippen LogP contribution >= 0.6 is 11.6 Å². The van der Waals surface area contributed by atoms with Crippen LogP contribution in [0.5, 0.6) is 11.5 Å². The zero-order chi connectivity index (χ0) is 15.8. The highest BCUT2D eigenvalue weighted by Gasteiger charge is 2.28. The summed E-state index contributed by atoms with van der Waals surface area (Å²) in [5, 5.41) is 0.570. The maximum absolute atomic E-state index is 12.4. The Hall–Kier alpha value is -2.30. The van der Waals surface area contributed by atoms with Gasteiger partial charge in [-0.3, -0.25) is 4.79 Å². The van der Waals surface area contributed by atoms with E-state index in [0.717, 1.165) is 12.2 Å². The van der Waals surface area contributed by atoms with Crippen molar-refractivity contribution in [2.75, 3.05) is 13.2 Å². The highest BCUT2D eigenvalue weighted by Crippen LogP contribution is 2.35. The van der Waals surface area contributed by atoms with E-state index in [-0.39, 0.29) is 17.6 Å². The summed E-state index contributed by atoms with van der Waals surface area (Å²) in [4.78, 5) is 12.4. The molecule has 0 radical (unpaired) electrons. The molecule has 5 heteroatoms. The predicted molar refractivity (Wildman–Crippen MR) is 86.1 cm³/mol. The minimum absolute atomic E-state index is 0.156. The number of hydrogen-bond acceptors (Lipinski definition) is 4. The van der Waals surface area contributed by atoms with Gasteiger partial charge in [-0.15, -0.1) is 0 Å². The van der Waals surface area contributed by atoms with Crippen molar-refractivity contribution in [3.05, 3.63) is 64.4 Å². The molecule has 0 aromatic heterocycles. The lowest BCUT2D eigenvalue weighted by molar-refractivity contribution is 0.101. The Morgan fingerprint density at radius 1 is 1.26 bits per heavy atom. The van der Waals surface area contributed by atoms with Gasteiger partial charge in [0.05, 0.1) is 12.2 Å². The lowest BCUT2D eigenvalue weighted by Crippen LogP contribution is -2.03. The van der Waals surface area contributed by atoms with Gasteiger partial charge in [0, 0.05) is 11.1 Å². The second-order valence-corrected chi connectivity index (χ2v) is 5.79. The Kier molecular flexibility index (Phi) is 3.56. The number of halogens is 1. The molecule has 1 saturated heterocycles. The third kappa shape index (κ3) is 2.96. The number of benzene rings is 2. The van der Waals surface area contributed by atoms with Gasteiger partial charge in [-0.05, 0) is 29.8 Å². The van der Waals surface area contributed by atoms with E-state index >= 15 is 0 Å². The normalized spacial score (nSPS) is 20.3. The maximum atomic E-state index is 12.4. The summed E-state index contributed by atoms with van der Waals surface area (Å²) in [7, 11) is 0. The molecule has 2 heterocycles. The molecule has 0 N–H and O–H groups in total. The number of hydrogen-bond donors (Lipinski definition) is 0. The number of carbonyl (C=O) groups is 1. The number of epoxide rings is 1. The van der Waals surface area contributed by atoms with E-state index in [4.69, 9.17) is 25.8 Å². The SMILES string of the molecule is O=C1/C(=C/c2ccccc2Cl)Oc2cc(OCC3CO3)ccc21. The fraction of sp³-hybridized carbons (Fsp3) is 0.167. The van der Waals surface area contributed by atoms with E-state index in [1.54, 1.807) is 30.3 Å². The molecule has 0 amide bonds. The number of allylic oxidation sites excluding steroid dienone is 1. The summed E-state index contributed by atoms with van der Waals surface area (Å²) in [6.07, 6.45) is 1.84. The first-order valence-corrected chi connectivity index (χ1v) is 7.66. The van der Waals surface area contributed by atoms with Gasteiger partial charge in [0.25, 0.3) is 0 Å². The van der Waals surface area contributed by atoms with Crippen molar-refractivity contribution in [3.8, 4) is 11.5 Å². The van der Waals surface area contributed by atoms with Gasteiger partial charge in [-0.1, -0.05) is 29.8 Å². The van der Waals surface area contributed by atoms with E-state index in [1.165, 1.54) is 0 Å². The van der Waals surface area contributed by atoms with Gasteiger partial charge in [-0.25, -0.2) is 0 Å². The van der Waals surface area contributed by atoms with E-state index in [0.29, 0.717) is 28.7 Å². The summed E-state index contributed by atoms with van der Waals surface area (Å²) in [5.74, 6) is 1.27. The molecule has 2 aromatic rings. The quantitative estimate of drug-likeness (QED) is 0.634. The zero-order valence-corrected chi connectivity index (χ0v) is 12.9. The molecule has 2 aliphatic heterocycles. The Bertz CT molecular complexity index is 808. The number of fused-ring (bicyclic) bond motifs is 1. The summed E-state index contributed by atoms with van der Waals surface area (Å²) < 4.78 is 16.4. The number of Topliss-reactive ketones (excluding diaryl/α,β-unsaturated/α-hetero) is 1. The molecule has 4 nitrogen and oxygen atoms in total. The van der Waals surface area contributed by atoms with Crippen molar-refractivity contribution in [1.82, 2.24) is 0 Å². The number of rotatable bonds is 4. The molecule has 0 bridgehead atoms. The van der Waals surface area contributed by atoms with Crippen LogP contribution in [0, 0.1) is 0 Å².